The second-order valence-electron chi connectivity index (χ2n) is 4.75. The predicted molar refractivity (Wildman–Crippen MR) is 80.9 cm³/mol. The summed E-state index contributed by atoms with van der Waals surface area (Å²) in [7, 11) is 0. The molecular formula is C18H12O3. The number of carbonyl (C=O) groups is 2. The molecule has 21 heavy (non-hydrogen) atoms. The van der Waals surface area contributed by atoms with Crippen molar-refractivity contribution in [1.82, 2.24) is 0 Å². The molecule has 0 aliphatic heterocycles. The molecule has 0 spiro atoms. The monoisotopic (exact) mass is 276 g/mol. The van der Waals surface area contributed by atoms with Crippen LogP contribution in [0, 0.1) is 0 Å². The van der Waals surface area contributed by atoms with Crippen LogP contribution < -0.4 is 0 Å². The lowest BCUT2D eigenvalue weighted by molar-refractivity contribution is 0.103. The van der Waals surface area contributed by atoms with Crippen LogP contribution in [0.2, 0.25) is 0 Å². The molecule has 0 fully saturated rings. The van der Waals surface area contributed by atoms with Crippen LogP contribution in [0.5, 0.6) is 5.75 Å². The molecule has 0 amide bonds. The Hall–Kier alpha value is -2.94. The Labute approximate surface area is 121 Å². The molecule has 3 rings (SSSR count). The van der Waals surface area contributed by atoms with Gasteiger partial charge in [-0.05, 0) is 17.5 Å². The van der Waals surface area contributed by atoms with Crippen LogP contribution in [0.3, 0.4) is 0 Å². The van der Waals surface area contributed by atoms with E-state index in [1.165, 1.54) is 6.07 Å². The molecule has 0 aromatic heterocycles. The highest BCUT2D eigenvalue weighted by atomic mass is 16.3. The minimum atomic E-state index is -0.136. The van der Waals surface area contributed by atoms with Gasteiger partial charge in [0, 0.05) is 22.1 Å². The fourth-order valence-electron chi connectivity index (χ4n) is 2.35. The van der Waals surface area contributed by atoms with Gasteiger partial charge in [-0.3, -0.25) is 9.59 Å². The van der Waals surface area contributed by atoms with Crippen molar-refractivity contribution in [2.75, 3.05) is 0 Å². The van der Waals surface area contributed by atoms with Crippen molar-refractivity contribution < 1.29 is 14.7 Å². The summed E-state index contributed by atoms with van der Waals surface area (Å²) in [6.45, 7) is 0. The maximum Gasteiger partial charge on any atom is 0.193 e. The van der Waals surface area contributed by atoms with Crippen LogP contribution in [0.15, 0.2) is 60.7 Å². The van der Waals surface area contributed by atoms with Gasteiger partial charge in [-0.1, -0.05) is 48.5 Å². The van der Waals surface area contributed by atoms with Crippen LogP contribution >= 0.6 is 0 Å². The Balaban J connectivity index is 2.13. The largest absolute Gasteiger partial charge is 0.507 e. The quantitative estimate of drug-likeness (QED) is 0.587. The van der Waals surface area contributed by atoms with Crippen LogP contribution in [0.4, 0.5) is 0 Å². The normalized spacial score (nSPS) is 10.5. The average molecular weight is 276 g/mol. The van der Waals surface area contributed by atoms with Gasteiger partial charge >= 0.3 is 0 Å². The summed E-state index contributed by atoms with van der Waals surface area (Å²) in [5.41, 5.74) is 1.57. The lowest BCUT2D eigenvalue weighted by Gasteiger charge is -2.07. The third-order valence-corrected chi connectivity index (χ3v) is 3.45. The van der Waals surface area contributed by atoms with Gasteiger partial charge in [-0.25, -0.2) is 0 Å². The molecule has 0 saturated heterocycles. The summed E-state index contributed by atoms with van der Waals surface area (Å²) in [4.78, 5) is 23.3. The van der Waals surface area contributed by atoms with E-state index in [4.69, 9.17) is 0 Å². The van der Waals surface area contributed by atoms with E-state index in [1.54, 1.807) is 36.4 Å². The molecule has 102 valence electrons. The number of benzene rings is 3. The molecule has 3 nitrogen and oxygen atoms in total. The molecule has 1 N–H and O–H groups in total. The molecule has 3 aromatic rings. The SMILES string of the molecule is O=Cc1ccc(C(=O)c2ccc(O)c3ccccc23)cc1. The molecule has 0 saturated carbocycles. The number of phenols is 1. The number of aldehydes is 1. The van der Waals surface area contributed by atoms with Crippen molar-refractivity contribution in [3.05, 3.63) is 77.4 Å². The first kappa shape index (κ1) is 13.1. The topological polar surface area (TPSA) is 54.4 Å². The molecule has 0 heterocycles. The van der Waals surface area contributed by atoms with Gasteiger partial charge in [-0.15, -0.1) is 0 Å². The molecular weight excluding hydrogens is 264 g/mol. The summed E-state index contributed by atoms with van der Waals surface area (Å²) >= 11 is 0. The maximum absolute atomic E-state index is 12.6. The first-order chi connectivity index (χ1) is 10.2. The highest BCUT2D eigenvalue weighted by Gasteiger charge is 2.13. The number of carbonyl (C=O) groups excluding carboxylic acids is 2. The maximum atomic E-state index is 12.6. The van der Waals surface area contributed by atoms with Gasteiger partial charge in [-0.2, -0.15) is 0 Å². The molecule has 0 atom stereocenters. The summed E-state index contributed by atoms with van der Waals surface area (Å²) in [5.74, 6) is 0.0158. The summed E-state index contributed by atoms with van der Waals surface area (Å²) in [6, 6.07) is 16.9. The van der Waals surface area contributed by atoms with Crippen molar-refractivity contribution in [2.45, 2.75) is 0 Å². The van der Waals surface area contributed by atoms with Crippen molar-refractivity contribution in [1.29, 1.82) is 0 Å². The van der Waals surface area contributed by atoms with Gasteiger partial charge in [0.15, 0.2) is 5.78 Å². The molecule has 0 radical (unpaired) electrons. The van der Waals surface area contributed by atoms with Crippen LogP contribution in [-0.2, 0) is 0 Å². The third kappa shape index (κ3) is 2.30. The Kier molecular flexibility index (Phi) is 3.24. The number of ketones is 1. The number of rotatable bonds is 3. The van der Waals surface area contributed by atoms with E-state index in [0.717, 1.165) is 6.29 Å². The number of hydrogen-bond donors (Lipinski definition) is 1. The zero-order valence-corrected chi connectivity index (χ0v) is 11.1. The third-order valence-electron chi connectivity index (χ3n) is 3.45. The van der Waals surface area contributed by atoms with E-state index in [0.29, 0.717) is 27.5 Å². The van der Waals surface area contributed by atoms with Crippen LogP contribution in [0.25, 0.3) is 10.8 Å². The van der Waals surface area contributed by atoms with E-state index in [9.17, 15) is 14.7 Å². The fraction of sp³-hybridized carbons (Fsp3) is 0. The summed E-state index contributed by atoms with van der Waals surface area (Å²) in [5, 5.41) is 11.2. The smallest absolute Gasteiger partial charge is 0.193 e. The van der Waals surface area contributed by atoms with Gasteiger partial charge in [0.1, 0.15) is 12.0 Å². The Morgan fingerprint density at radius 2 is 1.52 bits per heavy atom. The van der Waals surface area contributed by atoms with Gasteiger partial charge in [0.05, 0.1) is 0 Å². The zero-order chi connectivity index (χ0) is 14.8. The lowest BCUT2D eigenvalue weighted by Crippen LogP contribution is -2.02. The van der Waals surface area contributed by atoms with Crippen LogP contribution in [0.1, 0.15) is 26.3 Å². The second-order valence-corrected chi connectivity index (χ2v) is 4.75. The van der Waals surface area contributed by atoms with E-state index in [1.807, 2.05) is 18.2 Å². The van der Waals surface area contributed by atoms with Gasteiger partial charge in [0.25, 0.3) is 0 Å². The zero-order valence-electron chi connectivity index (χ0n) is 11.1. The number of phenolic OH excluding ortho intramolecular Hbond substituents is 1. The van der Waals surface area contributed by atoms with E-state index in [2.05, 4.69) is 0 Å². The molecule has 0 bridgehead atoms. The highest BCUT2D eigenvalue weighted by Crippen LogP contribution is 2.28. The second kappa shape index (κ2) is 5.21. The van der Waals surface area contributed by atoms with Crippen molar-refractivity contribution >= 4 is 22.8 Å². The molecule has 3 heteroatoms. The average Bonchev–Trinajstić information content (AvgIpc) is 2.55. The first-order valence-corrected chi connectivity index (χ1v) is 6.51. The highest BCUT2D eigenvalue weighted by molar-refractivity contribution is 6.17. The Morgan fingerprint density at radius 3 is 2.19 bits per heavy atom. The molecule has 0 aliphatic rings. The molecule has 3 aromatic carbocycles. The van der Waals surface area contributed by atoms with Crippen molar-refractivity contribution in [3.63, 3.8) is 0 Å². The Bertz CT molecular complexity index is 833. The van der Waals surface area contributed by atoms with Gasteiger partial charge in [0.2, 0.25) is 0 Å². The minimum absolute atomic E-state index is 0.136. The summed E-state index contributed by atoms with van der Waals surface area (Å²) < 4.78 is 0. The van der Waals surface area contributed by atoms with Crippen molar-refractivity contribution in [3.8, 4) is 5.75 Å². The van der Waals surface area contributed by atoms with Crippen molar-refractivity contribution in [2.24, 2.45) is 0 Å². The van der Waals surface area contributed by atoms with E-state index >= 15 is 0 Å². The number of fused-ring (bicyclic) bond motifs is 1. The predicted octanol–water partition coefficient (Wildman–Crippen LogP) is 3.59. The lowest BCUT2D eigenvalue weighted by atomic mass is 9.96. The molecule has 0 aliphatic carbocycles. The minimum Gasteiger partial charge on any atom is -0.507 e. The van der Waals surface area contributed by atoms with E-state index in [-0.39, 0.29) is 11.5 Å². The number of aromatic hydroxyl groups is 1. The van der Waals surface area contributed by atoms with Gasteiger partial charge < -0.3 is 5.11 Å². The van der Waals surface area contributed by atoms with Crippen LogP contribution in [-0.4, -0.2) is 17.2 Å². The first-order valence-electron chi connectivity index (χ1n) is 6.51. The number of hydrogen-bond acceptors (Lipinski definition) is 3. The Morgan fingerprint density at radius 1 is 0.857 bits per heavy atom. The fourth-order valence-corrected chi connectivity index (χ4v) is 2.35. The molecule has 0 unspecified atom stereocenters. The van der Waals surface area contributed by atoms with E-state index < -0.39 is 0 Å². The standard InChI is InChI=1S/C18H12O3/c19-11-12-5-7-13(8-6-12)18(21)16-9-10-17(20)15-4-2-1-3-14(15)16/h1-11,20H. The summed E-state index contributed by atoms with van der Waals surface area (Å²) in [6.07, 6.45) is 0.740.